The molecule has 0 radical (unpaired) electrons. The zero-order valence-electron chi connectivity index (χ0n) is 11.3. The summed E-state index contributed by atoms with van der Waals surface area (Å²) in [6.07, 6.45) is 0.858. The summed E-state index contributed by atoms with van der Waals surface area (Å²) >= 11 is 5.15. The standard InChI is InChI=1S/C12H17N5OS/c1-4-6-17-11(18)9(7-8(3)15-17)10-13-14-12(19)16(10)5-2/h7H,4-6H2,1-3H3,(H,14,19). The summed E-state index contributed by atoms with van der Waals surface area (Å²) in [6.45, 7) is 7.11. The van der Waals surface area contributed by atoms with Gasteiger partial charge in [-0.05, 0) is 38.6 Å². The summed E-state index contributed by atoms with van der Waals surface area (Å²) in [6, 6.07) is 1.76. The maximum absolute atomic E-state index is 12.4. The number of H-pyrrole nitrogens is 1. The number of aromatic nitrogens is 5. The molecule has 1 N–H and O–H groups in total. The molecular formula is C12H17N5OS. The second-order valence-corrected chi connectivity index (χ2v) is 4.71. The first-order valence-corrected chi connectivity index (χ1v) is 6.73. The lowest BCUT2D eigenvalue weighted by atomic mass is 10.2. The van der Waals surface area contributed by atoms with Crippen LogP contribution in [0.5, 0.6) is 0 Å². The van der Waals surface area contributed by atoms with Gasteiger partial charge in [0.05, 0.1) is 11.3 Å². The molecule has 0 spiro atoms. The SMILES string of the molecule is CCCn1nc(C)cc(-c2n[nH]c(=S)n2CC)c1=O. The van der Waals surface area contributed by atoms with Gasteiger partial charge in [-0.15, -0.1) is 0 Å². The smallest absolute Gasteiger partial charge is 0.277 e. The van der Waals surface area contributed by atoms with E-state index in [1.54, 1.807) is 6.07 Å². The van der Waals surface area contributed by atoms with Crippen molar-refractivity contribution in [2.24, 2.45) is 0 Å². The Morgan fingerprint density at radius 1 is 1.42 bits per heavy atom. The minimum absolute atomic E-state index is 0.129. The van der Waals surface area contributed by atoms with E-state index in [2.05, 4.69) is 15.3 Å². The Morgan fingerprint density at radius 3 is 2.79 bits per heavy atom. The largest absolute Gasteiger partial charge is 0.300 e. The van der Waals surface area contributed by atoms with E-state index in [0.29, 0.717) is 29.2 Å². The highest BCUT2D eigenvalue weighted by Crippen LogP contribution is 2.13. The molecule has 0 aliphatic rings. The summed E-state index contributed by atoms with van der Waals surface area (Å²) in [5, 5.41) is 11.1. The van der Waals surface area contributed by atoms with Gasteiger partial charge in [0.15, 0.2) is 10.6 Å². The monoisotopic (exact) mass is 279 g/mol. The fourth-order valence-electron chi connectivity index (χ4n) is 2.01. The van der Waals surface area contributed by atoms with E-state index >= 15 is 0 Å². The predicted molar refractivity (Wildman–Crippen MR) is 75.6 cm³/mol. The van der Waals surface area contributed by atoms with Crippen LogP contribution in [0.2, 0.25) is 0 Å². The molecule has 2 rings (SSSR count). The third kappa shape index (κ3) is 2.51. The van der Waals surface area contributed by atoms with Crippen molar-refractivity contribution >= 4 is 12.2 Å². The molecule has 2 heterocycles. The molecule has 0 aromatic carbocycles. The van der Waals surface area contributed by atoms with Gasteiger partial charge in [0, 0.05) is 13.1 Å². The van der Waals surface area contributed by atoms with Gasteiger partial charge in [-0.3, -0.25) is 9.89 Å². The highest BCUT2D eigenvalue weighted by atomic mass is 32.1. The van der Waals surface area contributed by atoms with Crippen LogP contribution in [0.3, 0.4) is 0 Å². The van der Waals surface area contributed by atoms with Crippen LogP contribution < -0.4 is 5.56 Å². The molecule has 0 aliphatic carbocycles. The molecule has 6 nitrogen and oxygen atoms in total. The van der Waals surface area contributed by atoms with Crippen LogP contribution in [-0.4, -0.2) is 24.5 Å². The van der Waals surface area contributed by atoms with Gasteiger partial charge in [0.2, 0.25) is 0 Å². The molecule has 102 valence electrons. The van der Waals surface area contributed by atoms with Crippen LogP contribution in [0.4, 0.5) is 0 Å². The molecule has 0 bridgehead atoms. The number of hydrogen-bond donors (Lipinski definition) is 1. The second kappa shape index (κ2) is 5.48. The van der Waals surface area contributed by atoms with Crippen molar-refractivity contribution in [2.45, 2.75) is 40.3 Å². The molecule has 2 aromatic heterocycles. The maximum atomic E-state index is 12.4. The lowest BCUT2D eigenvalue weighted by Crippen LogP contribution is -2.26. The molecule has 19 heavy (non-hydrogen) atoms. The topological polar surface area (TPSA) is 68.5 Å². The van der Waals surface area contributed by atoms with Gasteiger partial charge >= 0.3 is 0 Å². The quantitative estimate of drug-likeness (QED) is 0.868. The molecule has 7 heteroatoms. The van der Waals surface area contributed by atoms with Crippen LogP contribution >= 0.6 is 12.2 Å². The minimum Gasteiger partial charge on any atom is -0.300 e. The third-order valence-corrected chi connectivity index (χ3v) is 3.16. The van der Waals surface area contributed by atoms with Crippen molar-refractivity contribution in [2.75, 3.05) is 0 Å². The highest BCUT2D eigenvalue weighted by molar-refractivity contribution is 7.71. The molecule has 0 aliphatic heterocycles. The minimum atomic E-state index is -0.129. The van der Waals surface area contributed by atoms with E-state index in [4.69, 9.17) is 12.2 Å². The van der Waals surface area contributed by atoms with Gasteiger partial charge in [0.25, 0.3) is 5.56 Å². The molecule has 0 saturated carbocycles. The molecule has 0 saturated heterocycles. The second-order valence-electron chi connectivity index (χ2n) is 4.32. The van der Waals surface area contributed by atoms with Crippen molar-refractivity contribution in [1.29, 1.82) is 0 Å². The van der Waals surface area contributed by atoms with Crippen molar-refractivity contribution in [3.63, 3.8) is 0 Å². The molecule has 0 fully saturated rings. The highest BCUT2D eigenvalue weighted by Gasteiger charge is 2.14. The van der Waals surface area contributed by atoms with Crippen LogP contribution in [-0.2, 0) is 13.1 Å². The van der Waals surface area contributed by atoms with Crippen LogP contribution in [0, 0.1) is 11.7 Å². The van der Waals surface area contributed by atoms with Gasteiger partial charge in [-0.1, -0.05) is 6.92 Å². The molecule has 0 unspecified atom stereocenters. The normalized spacial score (nSPS) is 10.9. The van der Waals surface area contributed by atoms with Crippen molar-refractivity contribution in [3.05, 3.63) is 26.9 Å². The van der Waals surface area contributed by atoms with Crippen molar-refractivity contribution in [1.82, 2.24) is 24.5 Å². The van der Waals surface area contributed by atoms with Crippen molar-refractivity contribution in [3.8, 4) is 11.4 Å². The fourth-order valence-corrected chi connectivity index (χ4v) is 2.28. The average Bonchev–Trinajstić information content (AvgIpc) is 2.74. The number of rotatable bonds is 4. The maximum Gasteiger partial charge on any atom is 0.277 e. The summed E-state index contributed by atoms with van der Waals surface area (Å²) < 4.78 is 3.82. The Morgan fingerprint density at radius 2 is 2.16 bits per heavy atom. The average molecular weight is 279 g/mol. The number of nitrogens with zero attached hydrogens (tertiary/aromatic N) is 4. The fraction of sp³-hybridized carbons (Fsp3) is 0.500. The zero-order chi connectivity index (χ0) is 14.0. The van der Waals surface area contributed by atoms with Crippen LogP contribution in [0.15, 0.2) is 10.9 Å². The van der Waals surface area contributed by atoms with Gasteiger partial charge in [-0.25, -0.2) is 4.68 Å². The predicted octanol–water partition coefficient (Wildman–Crippen LogP) is 1.90. The van der Waals surface area contributed by atoms with E-state index < -0.39 is 0 Å². The number of aryl methyl sites for hydroxylation is 2. The Labute approximate surface area is 116 Å². The van der Waals surface area contributed by atoms with E-state index in [9.17, 15) is 4.79 Å². The number of aromatic amines is 1. The summed E-state index contributed by atoms with van der Waals surface area (Å²) in [5.41, 5.74) is 1.20. The van der Waals surface area contributed by atoms with E-state index in [1.165, 1.54) is 4.68 Å². The summed E-state index contributed by atoms with van der Waals surface area (Å²) in [5.74, 6) is 0.577. The first-order chi connectivity index (χ1) is 9.08. The Hall–Kier alpha value is -1.76. The zero-order valence-corrected chi connectivity index (χ0v) is 12.1. The lowest BCUT2D eigenvalue weighted by molar-refractivity contribution is 0.561. The van der Waals surface area contributed by atoms with Crippen molar-refractivity contribution < 1.29 is 0 Å². The van der Waals surface area contributed by atoms with Gasteiger partial charge in [0.1, 0.15) is 0 Å². The lowest BCUT2D eigenvalue weighted by Gasteiger charge is -2.08. The first-order valence-electron chi connectivity index (χ1n) is 6.32. The van der Waals surface area contributed by atoms with E-state index in [-0.39, 0.29) is 5.56 Å². The number of nitrogens with one attached hydrogen (secondary N) is 1. The molecule has 0 atom stereocenters. The first kappa shape index (κ1) is 13.7. The molecular weight excluding hydrogens is 262 g/mol. The Bertz CT molecular complexity index is 697. The summed E-state index contributed by atoms with van der Waals surface area (Å²) in [4.78, 5) is 12.4. The third-order valence-electron chi connectivity index (χ3n) is 2.85. The summed E-state index contributed by atoms with van der Waals surface area (Å²) in [7, 11) is 0. The number of hydrogen-bond acceptors (Lipinski definition) is 4. The van der Waals surface area contributed by atoms with Gasteiger partial charge < -0.3 is 4.57 Å². The Kier molecular flexibility index (Phi) is 3.94. The van der Waals surface area contributed by atoms with Crippen LogP contribution in [0.25, 0.3) is 11.4 Å². The molecule has 0 amide bonds. The van der Waals surface area contributed by atoms with E-state index in [1.807, 2.05) is 25.3 Å². The van der Waals surface area contributed by atoms with Gasteiger partial charge in [-0.2, -0.15) is 10.2 Å². The Balaban J connectivity index is 2.68. The molecule has 2 aromatic rings. The van der Waals surface area contributed by atoms with Crippen LogP contribution in [0.1, 0.15) is 26.0 Å². The van der Waals surface area contributed by atoms with E-state index in [0.717, 1.165) is 12.1 Å².